The first-order valence-corrected chi connectivity index (χ1v) is 8.59. The van der Waals surface area contributed by atoms with Gasteiger partial charge < -0.3 is 5.32 Å². The Bertz CT molecular complexity index is 335. The molecule has 0 amide bonds. The molecule has 0 aromatic carbocycles. The molecule has 3 fully saturated rings. The van der Waals surface area contributed by atoms with Gasteiger partial charge >= 0.3 is 0 Å². The zero-order valence-corrected chi connectivity index (χ0v) is 13.5. The molecule has 3 unspecified atom stereocenters. The average Bonchev–Trinajstić information content (AvgIpc) is 2.80. The maximum Gasteiger partial charge on any atom is 0.0175 e. The summed E-state index contributed by atoms with van der Waals surface area (Å²) < 4.78 is 0. The second-order valence-electron chi connectivity index (χ2n) is 9.10. The van der Waals surface area contributed by atoms with Gasteiger partial charge in [0.15, 0.2) is 0 Å². The summed E-state index contributed by atoms with van der Waals surface area (Å²) in [6.45, 7) is 11.3. The van der Waals surface area contributed by atoms with Crippen molar-refractivity contribution in [3.63, 3.8) is 0 Å². The molecule has 0 aromatic rings. The summed E-state index contributed by atoms with van der Waals surface area (Å²) in [7, 11) is 0. The number of hydrogen-bond acceptors (Lipinski definition) is 1. The molecule has 1 nitrogen and oxygen atoms in total. The lowest BCUT2D eigenvalue weighted by atomic mass is 9.67. The molecule has 3 rings (SSSR count). The van der Waals surface area contributed by atoms with Gasteiger partial charge in [-0.1, -0.05) is 47.0 Å². The molecule has 3 atom stereocenters. The van der Waals surface area contributed by atoms with Gasteiger partial charge in [0.1, 0.15) is 0 Å². The first-order chi connectivity index (χ1) is 8.86. The van der Waals surface area contributed by atoms with Crippen LogP contribution in [-0.4, -0.2) is 12.6 Å². The molecule has 2 bridgehead atoms. The second kappa shape index (κ2) is 4.48. The smallest absolute Gasteiger partial charge is 0.0175 e. The Labute approximate surface area is 119 Å². The molecule has 1 N–H and O–H groups in total. The van der Waals surface area contributed by atoms with E-state index in [4.69, 9.17) is 0 Å². The van der Waals surface area contributed by atoms with Crippen LogP contribution in [0.25, 0.3) is 0 Å². The van der Waals surface area contributed by atoms with E-state index < -0.39 is 0 Å². The Balaban J connectivity index is 1.66. The third kappa shape index (κ3) is 2.26. The van der Waals surface area contributed by atoms with Gasteiger partial charge in [0, 0.05) is 12.6 Å². The molecule has 3 saturated carbocycles. The maximum absolute atomic E-state index is 4.05. The van der Waals surface area contributed by atoms with E-state index in [2.05, 4.69) is 33.0 Å². The van der Waals surface area contributed by atoms with E-state index in [-0.39, 0.29) is 0 Å². The van der Waals surface area contributed by atoms with Crippen LogP contribution in [0.4, 0.5) is 0 Å². The molecule has 0 saturated heterocycles. The lowest BCUT2D eigenvalue weighted by Gasteiger charge is -2.45. The standard InChI is InChI=1S/C18H33N/c1-16(2)14-8-11-18(4,12-14)15(16)19-13-17(3)9-6-5-7-10-17/h14-15,19H,5-13H2,1-4H3. The van der Waals surface area contributed by atoms with E-state index in [0.717, 1.165) is 12.0 Å². The molecule has 1 heteroatoms. The highest BCUT2D eigenvalue weighted by atomic mass is 15.0. The van der Waals surface area contributed by atoms with Crippen LogP contribution in [0.5, 0.6) is 0 Å². The summed E-state index contributed by atoms with van der Waals surface area (Å²) in [5.41, 5.74) is 1.67. The minimum absolute atomic E-state index is 0.512. The SMILES string of the molecule is CC1(CNC2C3(C)CCC(C3)C2(C)C)CCCCC1. The van der Waals surface area contributed by atoms with E-state index in [1.54, 1.807) is 0 Å². The van der Waals surface area contributed by atoms with Gasteiger partial charge in [-0.3, -0.25) is 0 Å². The predicted molar refractivity (Wildman–Crippen MR) is 82.2 cm³/mol. The van der Waals surface area contributed by atoms with Gasteiger partial charge in [-0.2, -0.15) is 0 Å². The largest absolute Gasteiger partial charge is 0.312 e. The number of nitrogens with one attached hydrogen (secondary N) is 1. The van der Waals surface area contributed by atoms with Crippen molar-refractivity contribution in [1.29, 1.82) is 0 Å². The Kier molecular flexibility index (Phi) is 3.28. The monoisotopic (exact) mass is 263 g/mol. The van der Waals surface area contributed by atoms with E-state index >= 15 is 0 Å². The topological polar surface area (TPSA) is 12.0 Å². The van der Waals surface area contributed by atoms with Crippen LogP contribution < -0.4 is 5.32 Å². The molecule has 0 heterocycles. The van der Waals surface area contributed by atoms with E-state index in [1.807, 2.05) is 0 Å². The molecule has 0 spiro atoms. The van der Waals surface area contributed by atoms with Crippen LogP contribution in [0.15, 0.2) is 0 Å². The molecular weight excluding hydrogens is 230 g/mol. The van der Waals surface area contributed by atoms with Crippen molar-refractivity contribution in [3.8, 4) is 0 Å². The highest BCUT2D eigenvalue weighted by molar-refractivity contribution is 5.12. The summed E-state index contributed by atoms with van der Waals surface area (Å²) in [5, 5.41) is 4.05. The molecule has 3 aliphatic rings. The van der Waals surface area contributed by atoms with Gasteiger partial charge in [-0.15, -0.1) is 0 Å². The highest BCUT2D eigenvalue weighted by Gasteiger charge is 2.59. The highest BCUT2D eigenvalue weighted by Crippen LogP contribution is 2.62. The Morgan fingerprint density at radius 2 is 1.63 bits per heavy atom. The van der Waals surface area contributed by atoms with Crippen molar-refractivity contribution in [3.05, 3.63) is 0 Å². The normalized spacial score (nSPS) is 43.6. The van der Waals surface area contributed by atoms with Crippen molar-refractivity contribution in [2.24, 2.45) is 22.2 Å². The molecule has 3 aliphatic carbocycles. The molecule has 0 aromatic heterocycles. The first kappa shape index (κ1) is 13.9. The van der Waals surface area contributed by atoms with Crippen LogP contribution in [0.3, 0.4) is 0 Å². The van der Waals surface area contributed by atoms with Gasteiger partial charge in [0.05, 0.1) is 0 Å². The fourth-order valence-electron chi connectivity index (χ4n) is 5.74. The number of rotatable bonds is 3. The quantitative estimate of drug-likeness (QED) is 0.774. The van der Waals surface area contributed by atoms with Gasteiger partial charge in [0.2, 0.25) is 0 Å². The van der Waals surface area contributed by atoms with E-state index in [1.165, 1.54) is 57.9 Å². The molecule has 0 aliphatic heterocycles. The Morgan fingerprint density at radius 1 is 0.947 bits per heavy atom. The van der Waals surface area contributed by atoms with Gasteiger partial charge in [0.25, 0.3) is 0 Å². The van der Waals surface area contributed by atoms with Crippen LogP contribution in [0, 0.1) is 22.2 Å². The molecule has 110 valence electrons. The van der Waals surface area contributed by atoms with E-state index in [9.17, 15) is 0 Å². The zero-order valence-electron chi connectivity index (χ0n) is 13.5. The predicted octanol–water partition coefficient (Wildman–Crippen LogP) is 4.76. The number of hydrogen-bond donors (Lipinski definition) is 1. The summed E-state index contributed by atoms with van der Waals surface area (Å²) in [5.74, 6) is 0.967. The minimum atomic E-state index is 0.512. The molecular formula is C18H33N. The first-order valence-electron chi connectivity index (χ1n) is 8.59. The van der Waals surface area contributed by atoms with Crippen LogP contribution in [0.2, 0.25) is 0 Å². The third-order valence-corrected chi connectivity index (χ3v) is 7.06. The third-order valence-electron chi connectivity index (χ3n) is 7.06. The molecule has 19 heavy (non-hydrogen) atoms. The fourth-order valence-corrected chi connectivity index (χ4v) is 5.74. The summed E-state index contributed by atoms with van der Waals surface area (Å²) in [6.07, 6.45) is 11.6. The average molecular weight is 263 g/mol. The van der Waals surface area contributed by atoms with E-state index in [0.29, 0.717) is 16.2 Å². The van der Waals surface area contributed by atoms with Crippen molar-refractivity contribution in [2.75, 3.05) is 6.54 Å². The second-order valence-corrected chi connectivity index (χ2v) is 9.10. The van der Waals surface area contributed by atoms with Crippen LogP contribution >= 0.6 is 0 Å². The fraction of sp³-hybridized carbons (Fsp3) is 1.00. The van der Waals surface area contributed by atoms with Gasteiger partial charge in [-0.25, -0.2) is 0 Å². The van der Waals surface area contributed by atoms with Crippen molar-refractivity contribution < 1.29 is 0 Å². The summed E-state index contributed by atoms with van der Waals surface area (Å²) in [4.78, 5) is 0. The summed E-state index contributed by atoms with van der Waals surface area (Å²) >= 11 is 0. The Morgan fingerprint density at radius 3 is 2.21 bits per heavy atom. The lowest BCUT2D eigenvalue weighted by molar-refractivity contribution is 0.0887. The van der Waals surface area contributed by atoms with Crippen LogP contribution in [0.1, 0.15) is 79.1 Å². The molecule has 0 radical (unpaired) electrons. The maximum atomic E-state index is 4.05. The van der Waals surface area contributed by atoms with Gasteiger partial charge in [-0.05, 0) is 54.3 Å². The zero-order chi connectivity index (χ0) is 13.7. The number of fused-ring (bicyclic) bond motifs is 2. The summed E-state index contributed by atoms with van der Waals surface area (Å²) in [6, 6.07) is 0.748. The van der Waals surface area contributed by atoms with Crippen molar-refractivity contribution in [1.82, 2.24) is 5.32 Å². The van der Waals surface area contributed by atoms with Crippen molar-refractivity contribution >= 4 is 0 Å². The van der Waals surface area contributed by atoms with Crippen molar-refractivity contribution in [2.45, 2.75) is 85.1 Å². The lowest BCUT2D eigenvalue weighted by Crippen LogP contribution is -2.53. The minimum Gasteiger partial charge on any atom is -0.312 e. The Hall–Kier alpha value is -0.0400. The van der Waals surface area contributed by atoms with Crippen LogP contribution in [-0.2, 0) is 0 Å².